The van der Waals surface area contributed by atoms with Crippen LogP contribution < -0.4 is 10.6 Å². The van der Waals surface area contributed by atoms with Gasteiger partial charge in [0.1, 0.15) is 5.60 Å². The summed E-state index contributed by atoms with van der Waals surface area (Å²) in [7, 11) is 0. The maximum atomic E-state index is 12.7. The second-order valence-corrected chi connectivity index (χ2v) is 8.14. The van der Waals surface area contributed by atoms with Gasteiger partial charge in [0.2, 0.25) is 5.95 Å². The lowest BCUT2D eigenvalue weighted by molar-refractivity contribution is -0.138. The van der Waals surface area contributed by atoms with E-state index in [0.29, 0.717) is 18.9 Å². The Morgan fingerprint density at radius 3 is 2.67 bits per heavy atom. The van der Waals surface area contributed by atoms with E-state index in [9.17, 15) is 9.18 Å². The van der Waals surface area contributed by atoms with Crippen molar-refractivity contribution in [1.29, 1.82) is 0 Å². The maximum Gasteiger partial charge on any atom is 0.293 e. The van der Waals surface area contributed by atoms with Crippen molar-refractivity contribution in [2.75, 3.05) is 18.4 Å². The van der Waals surface area contributed by atoms with Crippen molar-refractivity contribution >= 4 is 23.5 Å². The number of nitrogens with zero attached hydrogens (tertiary/aromatic N) is 2. The molecule has 1 aliphatic rings. The Labute approximate surface area is 163 Å². The number of pyridine rings is 1. The second-order valence-electron chi connectivity index (χ2n) is 7.25. The number of thiazole rings is 1. The third kappa shape index (κ3) is 8.01. The van der Waals surface area contributed by atoms with E-state index in [1.807, 2.05) is 20.8 Å². The Hall–Kier alpha value is -2.06. The van der Waals surface area contributed by atoms with E-state index in [2.05, 4.69) is 25.7 Å². The third-order valence-corrected chi connectivity index (χ3v) is 4.92. The number of aromatic nitrogens is 2. The van der Waals surface area contributed by atoms with Crippen LogP contribution in [0.25, 0.3) is 0 Å². The van der Waals surface area contributed by atoms with E-state index in [4.69, 9.17) is 4.98 Å². The SMILES string of the molecule is CC(C)(C)OC=O.Fc1ccc(NCc2csc(C3CCNCC3)n2)cn1. The average molecular weight is 395 g/mol. The smallest absolute Gasteiger partial charge is 0.293 e. The number of anilines is 1. The summed E-state index contributed by atoms with van der Waals surface area (Å²) < 4.78 is 17.3. The minimum absolute atomic E-state index is 0.318. The summed E-state index contributed by atoms with van der Waals surface area (Å²) in [5.41, 5.74) is 1.53. The number of ether oxygens (including phenoxy) is 1. The van der Waals surface area contributed by atoms with E-state index in [-0.39, 0.29) is 5.60 Å². The van der Waals surface area contributed by atoms with Gasteiger partial charge in [-0.3, -0.25) is 4.79 Å². The minimum atomic E-state index is -0.461. The summed E-state index contributed by atoms with van der Waals surface area (Å²) in [6, 6.07) is 3.03. The van der Waals surface area contributed by atoms with Crippen molar-refractivity contribution in [3.05, 3.63) is 40.4 Å². The molecule has 0 amide bonds. The number of piperidine rings is 1. The zero-order valence-corrected chi connectivity index (χ0v) is 16.8. The van der Waals surface area contributed by atoms with Crippen molar-refractivity contribution in [2.24, 2.45) is 0 Å². The lowest BCUT2D eigenvalue weighted by atomic mass is 9.99. The zero-order valence-electron chi connectivity index (χ0n) is 16.0. The number of halogens is 1. The molecule has 0 radical (unpaired) electrons. The molecule has 0 aliphatic carbocycles. The third-order valence-electron chi connectivity index (χ3n) is 3.86. The van der Waals surface area contributed by atoms with Crippen molar-refractivity contribution in [1.82, 2.24) is 15.3 Å². The van der Waals surface area contributed by atoms with Gasteiger partial charge >= 0.3 is 0 Å². The van der Waals surface area contributed by atoms with Crippen LogP contribution in [0.5, 0.6) is 0 Å². The van der Waals surface area contributed by atoms with Crippen LogP contribution in [0.3, 0.4) is 0 Å². The molecule has 0 unspecified atom stereocenters. The molecular formula is C19H27FN4O2S. The predicted octanol–water partition coefficient (Wildman–Crippen LogP) is 3.71. The average Bonchev–Trinajstić information content (AvgIpc) is 3.11. The summed E-state index contributed by atoms with van der Waals surface area (Å²) in [4.78, 5) is 17.9. The first-order valence-electron chi connectivity index (χ1n) is 8.99. The number of carbonyl (C=O) groups is 1. The summed E-state index contributed by atoms with van der Waals surface area (Å²) in [6.45, 7) is 8.73. The lowest BCUT2D eigenvalue weighted by Gasteiger charge is -2.20. The van der Waals surface area contributed by atoms with Gasteiger partial charge in [-0.2, -0.15) is 4.39 Å². The monoisotopic (exact) mass is 394 g/mol. The van der Waals surface area contributed by atoms with E-state index in [0.717, 1.165) is 24.5 Å². The van der Waals surface area contributed by atoms with E-state index in [1.54, 1.807) is 17.4 Å². The molecule has 0 bridgehead atoms. The Balaban J connectivity index is 0.000000321. The molecule has 148 valence electrons. The predicted molar refractivity (Wildman–Crippen MR) is 105 cm³/mol. The molecule has 0 atom stereocenters. The Bertz CT molecular complexity index is 694. The van der Waals surface area contributed by atoms with Crippen LogP contribution in [-0.2, 0) is 16.1 Å². The van der Waals surface area contributed by atoms with Gasteiger partial charge in [0.05, 0.1) is 29.1 Å². The highest BCUT2D eigenvalue weighted by molar-refractivity contribution is 7.09. The molecule has 1 fully saturated rings. The van der Waals surface area contributed by atoms with E-state index >= 15 is 0 Å². The quantitative estimate of drug-likeness (QED) is 0.595. The molecule has 1 aliphatic heterocycles. The van der Waals surface area contributed by atoms with Gasteiger partial charge in [-0.25, -0.2) is 9.97 Å². The fourth-order valence-electron chi connectivity index (χ4n) is 2.48. The molecule has 0 aromatic carbocycles. The van der Waals surface area contributed by atoms with Crippen molar-refractivity contribution < 1.29 is 13.9 Å². The zero-order chi connectivity index (χ0) is 19.7. The largest absolute Gasteiger partial charge is 0.462 e. The van der Waals surface area contributed by atoms with E-state index in [1.165, 1.54) is 30.1 Å². The molecule has 6 nitrogen and oxygen atoms in total. The Kier molecular flexibility index (Phi) is 8.12. The van der Waals surface area contributed by atoms with Crippen molar-refractivity contribution in [3.8, 4) is 0 Å². The Morgan fingerprint density at radius 2 is 2.11 bits per heavy atom. The first kappa shape index (κ1) is 21.2. The molecule has 1 saturated heterocycles. The fraction of sp³-hybridized carbons (Fsp3) is 0.526. The van der Waals surface area contributed by atoms with Crippen LogP contribution in [0.4, 0.5) is 10.1 Å². The number of rotatable bonds is 5. The molecule has 27 heavy (non-hydrogen) atoms. The van der Waals surface area contributed by atoms with Crippen LogP contribution in [0.2, 0.25) is 0 Å². The number of hydrogen-bond acceptors (Lipinski definition) is 7. The van der Waals surface area contributed by atoms with Gasteiger partial charge in [-0.1, -0.05) is 0 Å². The van der Waals surface area contributed by atoms with Crippen LogP contribution in [0.15, 0.2) is 23.7 Å². The van der Waals surface area contributed by atoms with Gasteiger partial charge in [-0.05, 0) is 58.8 Å². The number of hydrogen-bond donors (Lipinski definition) is 2. The summed E-state index contributed by atoms with van der Waals surface area (Å²) in [6.07, 6.45) is 3.83. The van der Waals surface area contributed by atoms with Crippen molar-refractivity contribution in [2.45, 2.75) is 51.7 Å². The highest BCUT2D eigenvalue weighted by atomic mass is 32.1. The van der Waals surface area contributed by atoms with Crippen LogP contribution in [-0.4, -0.2) is 35.1 Å². The molecule has 3 heterocycles. The van der Waals surface area contributed by atoms with Gasteiger partial charge in [0, 0.05) is 11.3 Å². The fourth-order valence-corrected chi connectivity index (χ4v) is 3.47. The second kappa shape index (κ2) is 10.3. The van der Waals surface area contributed by atoms with Gasteiger partial charge in [-0.15, -0.1) is 11.3 Å². The number of nitrogens with one attached hydrogen (secondary N) is 2. The summed E-state index contributed by atoms with van der Waals surface area (Å²) in [5, 5.41) is 9.91. The first-order chi connectivity index (χ1) is 12.9. The number of carbonyl (C=O) groups excluding carboxylic acids is 1. The summed E-state index contributed by atoms with van der Waals surface area (Å²) in [5.74, 6) is 0.139. The highest BCUT2D eigenvalue weighted by Crippen LogP contribution is 2.28. The van der Waals surface area contributed by atoms with Gasteiger partial charge < -0.3 is 15.4 Å². The van der Waals surface area contributed by atoms with Crippen LogP contribution >= 0.6 is 11.3 Å². The first-order valence-corrected chi connectivity index (χ1v) is 9.87. The molecule has 0 saturated carbocycles. The summed E-state index contributed by atoms with van der Waals surface area (Å²) >= 11 is 1.74. The van der Waals surface area contributed by atoms with Gasteiger partial charge in [0.25, 0.3) is 6.47 Å². The van der Waals surface area contributed by atoms with Gasteiger partial charge in [0.15, 0.2) is 0 Å². The topological polar surface area (TPSA) is 76.1 Å². The maximum absolute atomic E-state index is 12.7. The molecule has 8 heteroatoms. The van der Waals surface area contributed by atoms with E-state index < -0.39 is 5.95 Å². The molecule has 2 aromatic heterocycles. The molecule has 3 rings (SSSR count). The Morgan fingerprint density at radius 1 is 1.37 bits per heavy atom. The molecule has 2 aromatic rings. The molecule has 0 spiro atoms. The lowest BCUT2D eigenvalue weighted by Crippen LogP contribution is -2.26. The standard InChI is InChI=1S/C14H17FN4S.C5H10O2/c15-13-2-1-11(7-18-13)17-8-12-9-20-14(19-12)10-3-5-16-6-4-10;1-5(2,3)7-4-6/h1-2,7,9-10,16-17H,3-6,8H2;4H,1-3H3. The van der Waals surface area contributed by atoms with Crippen molar-refractivity contribution in [3.63, 3.8) is 0 Å². The van der Waals surface area contributed by atoms with Crippen LogP contribution in [0, 0.1) is 5.95 Å². The normalized spacial score (nSPS) is 14.8. The molecule has 2 N–H and O–H groups in total. The highest BCUT2D eigenvalue weighted by Gasteiger charge is 2.18. The minimum Gasteiger partial charge on any atom is -0.462 e. The molecular weight excluding hydrogens is 367 g/mol. The van der Waals surface area contributed by atoms with Crippen LogP contribution in [0.1, 0.15) is 50.2 Å².